The van der Waals surface area contributed by atoms with Crippen molar-refractivity contribution in [3.05, 3.63) is 72.6 Å². The molecule has 5 heteroatoms. The summed E-state index contributed by atoms with van der Waals surface area (Å²) < 4.78 is 1.98. The van der Waals surface area contributed by atoms with E-state index < -0.39 is 0 Å². The summed E-state index contributed by atoms with van der Waals surface area (Å²) in [7, 11) is 0. The fourth-order valence-electron chi connectivity index (χ4n) is 2.32. The van der Waals surface area contributed by atoms with Gasteiger partial charge in [0.15, 0.2) is 0 Å². The maximum Gasteiger partial charge on any atom is 0.221 e. The molecule has 1 aromatic heterocycles. The van der Waals surface area contributed by atoms with E-state index >= 15 is 0 Å². The van der Waals surface area contributed by atoms with Crippen molar-refractivity contribution in [2.75, 3.05) is 5.32 Å². The third-order valence-corrected chi connectivity index (χ3v) is 3.44. The first-order chi connectivity index (χ1) is 11.6. The predicted octanol–water partition coefficient (Wildman–Crippen LogP) is 3.89. The first kappa shape index (κ1) is 15.6. The maximum atomic E-state index is 11.0. The number of rotatable bonds is 4. The van der Waals surface area contributed by atoms with E-state index in [0.29, 0.717) is 0 Å². The topological polar surface area (TPSA) is 66.6 Å². The number of nitrogens with zero attached hydrogens (tertiary/aromatic N) is 2. The molecule has 24 heavy (non-hydrogen) atoms. The lowest BCUT2D eigenvalue weighted by Gasteiger charge is -2.06. The van der Waals surface area contributed by atoms with Crippen molar-refractivity contribution in [1.82, 2.24) is 4.57 Å². The number of benzene rings is 2. The van der Waals surface area contributed by atoms with Gasteiger partial charge in [0.1, 0.15) is 5.75 Å². The number of carbonyl (C=O) groups is 1. The molecule has 0 spiro atoms. The molecule has 0 radical (unpaired) electrons. The molecule has 3 aromatic rings. The molecule has 2 aromatic carbocycles. The minimum atomic E-state index is -0.0991. The summed E-state index contributed by atoms with van der Waals surface area (Å²) in [6.07, 6.45) is 3.72. The van der Waals surface area contributed by atoms with Gasteiger partial charge in [0.2, 0.25) is 5.91 Å². The molecule has 0 aliphatic carbocycles. The molecule has 5 nitrogen and oxygen atoms in total. The zero-order valence-corrected chi connectivity index (χ0v) is 13.2. The third kappa shape index (κ3) is 3.70. The number of carbonyl (C=O) groups excluding carboxylic acids is 1. The van der Waals surface area contributed by atoms with Gasteiger partial charge in [-0.2, -0.15) is 0 Å². The van der Waals surface area contributed by atoms with Gasteiger partial charge >= 0.3 is 0 Å². The number of nitrogens with one attached hydrogen (secondary N) is 1. The Morgan fingerprint density at radius 3 is 2.46 bits per heavy atom. The van der Waals surface area contributed by atoms with Crippen molar-refractivity contribution in [2.45, 2.75) is 6.92 Å². The molecule has 0 saturated heterocycles. The normalized spacial score (nSPS) is 10.9. The molecule has 0 bridgehead atoms. The van der Waals surface area contributed by atoms with Crippen LogP contribution in [0.2, 0.25) is 0 Å². The maximum absolute atomic E-state index is 11.0. The van der Waals surface area contributed by atoms with E-state index in [-0.39, 0.29) is 11.7 Å². The number of hydrogen-bond donors (Lipinski definition) is 2. The van der Waals surface area contributed by atoms with Crippen molar-refractivity contribution >= 4 is 23.5 Å². The van der Waals surface area contributed by atoms with Crippen LogP contribution in [0, 0.1) is 0 Å². The first-order valence-electron chi connectivity index (χ1n) is 7.50. The summed E-state index contributed by atoms with van der Waals surface area (Å²) in [5.41, 5.74) is 3.41. The van der Waals surface area contributed by atoms with Crippen molar-refractivity contribution < 1.29 is 9.90 Å². The van der Waals surface area contributed by atoms with E-state index in [2.05, 4.69) is 10.3 Å². The van der Waals surface area contributed by atoms with Gasteiger partial charge < -0.3 is 15.0 Å². The highest BCUT2D eigenvalue weighted by Crippen LogP contribution is 2.18. The van der Waals surface area contributed by atoms with Crippen molar-refractivity contribution in [3.8, 4) is 11.4 Å². The largest absolute Gasteiger partial charge is 0.508 e. The van der Waals surface area contributed by atoms with E-state index in [0.717, 1.165) is 22.8 Å². The molecular formula is C19H17N3O2. The summed E-state index contributed by atoms with van der Waals surface area (Å²) in [6, 6.07) is 18.2. The summed E-state index contributed by atoms with van der Waals surface area (Å²) in [6.45, 7) is 1.48. The lowest BCUT2D eigenvalue weighted by atomic mass is 10.3. The zero-order valence-electron chi connectivity index (χ0n) is 13.2. The fraction of sp³-hybridized carbons (Fsp3) is 0.0526. The Kier molecular flexibility index (Phi) is 4.43. The van der Waals surface area contributed by atoms with Crippen LogP contribution < -0.4 is 5.32 Å². The van der Waals surface area contributed by atoms with Gasteiger partial charge in [0, 0.05) is 24.5 Å². The lowest BCUT2D eigenvalue weighted by molar-refractivity contribution is -0.114. The lowest BCUT2D eigenvalue weighted by Crippen LogP contribution is -2.04. The first-order valence-corrected chi connectivity index (χ1v) is 7.50. The molecule has 2 N–H and O–H groups in total. The van der Waals surface area contributed by atoms with Gasteiger partial charge in [0.05, 0.1) is 17.6 Å². The Hall–Kier alpha value is -3.34. The van der Waals surface area contributed by atoms with Gasteiger partial charge in [-0.15, -0.1) is 0 Å². The van der Waals surface area contributed by atoms with Crippen molar-refractivity contribution in [3.63, 3.8) is 0 Å². The predicted molar refractivity (Wildman–Crippen MR) is 95.4 cm³/mol. The monoisotopic (exact) mass is 319 g/mol. The summed E-state index contributed by atoms with van der Waals surface area (Å²) in [5.74, 6) is 0.137. The molecule has 1 amide bonds. The van der Waals surface area contributed by atoms with Gasteiger partial charge in [-0.05, 0) is 60.7 Å². The number of hydrogen-bond acceptors (Lipinski definition) is 3. The van der Waals surface area contributed by atoms with Gasteiger partial charge in [0.25, 0.3) is 0 Å². The van der Waals surface area contributed by atoms with E-state index in [9.17, 15) is 9.90 Å². The second kappa shape index (κ2) is 6.83. The minimum Gasteiger partial charge on any atom is -0.508 e. The number of anilines is 1. The van der Waals surface area contributed by atoms with Crippen LogP contribution in [-0.2, 0) is 4.79 Å². The molecule has 0 saturated carbocycles. The Morgan fingerprint density at radius 1 is 1.08 bits per heavy atom. The van der Waals surface area contributed by atoms with Crippen LogP contribution in [0.15, 0.2) is 71.9 Å². The quantitative estimate of drug-likeness (QED) is 0.716. The second-order valence-electron chi connectivity index (χ2n) is 5.31. The third-order valence-electron chi connectivity index (χ3n) is 3.44. The van der Waals surface area contributed by atoms with E-state index in [1.54, 1.807) is 18.3 Å². The minimum absolute atomic E-state index is 0.0991. The fourth-order valence-corrected chi connectivity index (χ4v) is 2.32. The van der Waals surface area contributed by atoms with Crippen LogP contribution in [0.3, 0.4) is 0 Å². The zero-order chi connectivity index (χ0) is 16.9. The molecular weight excluding hydrogens is 302 g/mol. The summed E-state index contributed by atoms with van der Waals surface area (Å²) in [4.78, 5) is 15.5. The van der Waals surface area contributed by atoms with E-state index in [4.69, 9.17) is 0 Å². The average Bonchev–Trinajstić information content (AvgIpc) is 3.03. The van der Waals surface area contributed by atoms with E-state index in [1.807, 2.05) is 59.3 Å². The molecule has 0 atom stereocenters. The number of aromatic hydroxyl groups is 1. The van der Waals surface area contributed by atoms with Gasteiger partial charge in [-0.3, -0.25) is 9.79 Å². The number of aliphatic imine (C=N–C) groups is 1. The number of phenolic OH excluding ortho intramolecular Hbond substituents is 1. The van der Waals surface area contributed by atoms with Crippen LogP contribution in [-0.4, -0.2) is 21.8 Å². The Labute approximate surface area is 139 Å². The summed E-state index contributed by atoms with van der Waals surface area (Å²) in [5, 5.41) is 12.1. The SMILES string of the molecule is CC(=O)Nc1ccc(N=Cc2cccn2-c2ccc(O)cc2)cc1. The number of amides is 1. The Balaban J connectivity index is 1.79. The van der Waals surface area contributed by atoms with Crippen LogP contribution in [0.5, 0.6) is 5.75 Å². The average molecular weight is 319 g/mol. The van der Waals surface area contributed by atoms with Crippen molar-refractivity contribution in [1.29, 1.82) is 0 Å². The molecule has 120 valence electrons. The molecule has 0 fully saturated rings. The van der Waals surface area contributed by atoms with E-state index in [1.165, 1.54) is 6.92 Å². The van der Waals surface area contributed by atoms with Crippen molar-refractivity contribution in [2.24, 2.45) is 4.99 Å². The second-order valence-corrected chi connectivity index (χ2v) is 5.31. The standard InChI is InChI=1S/C19H17N3O2/c1-14(23)21-16-6-4-15(5-7-16)20-13-18-3-2-12-22(18)17-8-10-19(24)11-9-17/h2-13,24H,1H3,(H,21,23). The molecule has 0 aliphatic rings. The number of aromatic nitrogens is 1. The Bertz CT molecular complexity index is 862. The van der Waals surface area contributed by atoms with Crippen LogP contribution in [0.4, 0.5) is 11.4 Å². The van der Waals surface area contributed by atoms with Gasteiger partial charge in [-0.1, -0.05) is 0 Å². The number of phenols is 1. The summed E-state index contributed by atoms with van der Waals surface area (Å²) >= 11 is 0. The molecule has 1 heterocycles. The molecule has 0 unspecified atom stereocenters. The Morgan fingerprint density at radius 2 is 1.79 bits per heavy atom. The smallest absolute Gasteiger partial charge is 0.221 e. The van der Waals surface area contributed by atoms with Crippen LogP contribution >= 0.6 is 0 Å². The highest BCUT2D eigenvalue weighted by Gasteiger charge is 2.01. The molecule has 0 aliphatic heterocycles. The highest BCUT2D eigenvalue weighted by molar-refractivity contribution is 5.89. The molecule has 3 rings (SSSR count). The van der Waals surface area contributed by atoms with Gasteiger partial charge in [-0.25, -0.2) is 0 Å². The van der Waals surface area contributed by atoms with Crippen LogP contribution in [0.1, 0.15) is 12.6 Å². The van der Waals surface area contributed by atoms with Crippen LogP contribution in [0.25, 0.3) is 5.69 Å². The highest BCUT2D eigenvalue weighted by atomic mass is 16.3.